The first-order chi connectivity index (χ1) is 14.1. The van der Waals surface area contributed by atoms with Gasteiger partial charge < -0.3 is 16.0 Å². The van der Waals surface area contributed by atoms with Gasteiger partial charge >= 0.3 is 0 Å². The molecule has 6 heteroatoms. The summed E-state index contributed by atoms with van der Waals surface area (Å²) < 4.78 is 0. The normalized spacial score (nSPS) is 10.4. The molecular formula is C23H23N3O3. The fraction of sp³-hybridized carbons (Fsp3) is 0.174. The van der Waals surface area contributed by atoms with E-state index in [1.807, 2.05) is 36.4 Å². The van der Waals surface area contributed by atoms with Gasteiger partial charge in [-0.25, -0.2) is 0 Å². The second-order valence-electron chi connectivity index (χ2n) is 6.55. The average Bonchev–Trinajstić information content (AvgIpc) is 2.76. The second-order valence-corrected chi connectivity index (χ2v) is 6.55. The van der Waals surface area contributed by atoms with Gasteiger partial charge in [0, 0.05) is 36.3 Å². The summed E-state index contributed by atoms with van der Waals surface area (Å²) in [5, 5.41) is 10.4. The highest BCUT2D eigenvalue weighted by Crippen LogP contribution is 2.17. The van der Waals surface area contributed by atoms with Crippen molar-refractivity contribution in [3.63, 3.8) is 0 Å². The number of fused-ring (bicyclic) bond motifs is 1. The highest BCUT2D eigenvalue weighted by molar-refractivity contribution is 6.06. The van der Waals surface area contributed by atoms with Crippen LogP contribution >= 0.6 is 0 Å². The molecule has 0 unspecified atom stereocenters. The van der Waals surface area contributed by atoms with Gasteiger partial charge in [0.05, 0.1) is 0 Å². The molecule has 0 atom stereocenters. The zero-order valence-corrected chi connectivity index (χ0v) is 16.2. The number of carbonyl (C=O) groups excluding carboxylic acids is 3. The van der Waals surface area contributed by atoms with Gasteiger partial charge in [0.25, 0.3) is 11.8 Å². The first-order valence-corrected chi connectivity index (χ1v) is 9.52. The van der Waals surface area contributed by atoms with Gasteiger partial charge in [-0.05, 0) is 47.2 Å². The predicted octanol–water partition coefficient (Wildman–Crippen LogP) is 3.35. The maximum Gasteiger partial charge on any atom is 0.255 e. The van der Waals surface area contributed by atoms with Gasteiger partial charge in [-0.1, -0.05) is 37.3 Å². The molecule has 3 N–H and O–H groups in total. The molecule has 0 spiro atoms. The number of anilines is 1. The molecule has 29 heavy (non-hydrogen) atoms. The Labute approximate surface area is 169 Å². The van der Waals surface area contributed by atoms with Crippen molar-refractivity contribution in [3.05, 3.63) is 77.9 Å². The van der Waals surface area contributed by atoms with Crippen LogP contribution in [0.15, 0.2) is 66.7 Å². The van der Waals surface area contributed by atoms with Crippen LogP contribution in [0.1, 0.15) is 34.1 Å². The Morgan fingerprint density at radius 2 is 1.38 bits per heavy atom. The summed E-state index contributed by atoms with van der Waals surface area (Å²) in [6.45, 7) is 2.51. The molecule has 0 aliphatic carbocycles. The standard InChI is InChI=1S/C23H23N3O3/c1-2-21(27)24-13-14-25-22(28)17-9-11-20(12-10-17)26-23(29)19-8-7-16-5-3-4-6-18(16)15-19/h3-12,15H,2,13-14H2,1H3,(H,24,27)(H,25,28)(H,26,29). The van der Waals surface area contributed by atoms with E-state index < -0.39 is 0 Å². The van der Waals surface area contributed by atoms with Crippen LogP contribution in [-0.2, 0) is 4.79 Å². The van der Waals surface area contributed by atoms with Crippen molar-refractivity contribution in [2.75, 3.05) is 18.4 Å². The van der Waals surface area contributed by atoms with E-state index in [9.17, 15) is 14.4 Å². The first kappa shape index (κ1) is 20.1. The molecule has 0 saturated carbocycles. The number of amides is 3. The highest BCUT2D eigenvalue weighted by atomic mass is 16.2. The predicted molar refractivity (Wildman–Crippen MR) is 114 cm³/mol. The molecule has 0 bridgehead atoms. The average molecular weight is 389 g/mol. The van der Waals surface area contributed by atoms with E-state index in [1.165, 1.54) is 0 Å². The van der Waals surface area contributed by atoms with Gasteiger partial charge in [-0.15, -0.1) is 0 Å². The van der Waals surface area contributed by atoms with Gasteiger partial charge in [-0.2, -0.15) is 0 Å². The van der Waals surface area contributed by atoms with E-state index in [4.69, 9.17) is 0 Å². The van der Waals surface area contributed by atoms with Gasteiger partial charge in [-0.3, -0.25) is 14.4 Å². The molecule has 3 aromatic rings. The Morgan fingerprint density at radius 1 is 0.724 bits per heavy atom. The third-order valence-corrected chi connectivity index (χ3v) is 4.47. The quantitative estimate of drug-likeness (QED) is 0.542. The van der Waals surface area contributed by atoms with Gasteiger partial charge in [0.1, 0.15) is 0 Å². The zero-order chi connectivity index (χ0) is 20.6. The fourth-order valence-electron chi connectivity index (χ4n) is 2.84. The van der Waals surface area contributed by atoms with Crippen LogP contribution in [0.25, 0.3) is 10.8 Å². The number of hydrogen-bond donors (Lipinski definition) is 3. The number of rotatable bonds is 7. The highest BCUT2D eigenvalue weighted by Gasteiger charge is 2.09. The van der Waals surface area contributed by atoms with E-state index in [0.29, 0.717) is 36.3 Å². The lowest BCUT2D eigenvalue weighted by Crippen LogP contribution is -2.34. The SMILES string of the molecule is CCC(=O)NCCNC(=O)c1ccc(NC(=O)c2ccc3ccccc3c2)cc1. The monoisotopic (exact) mass is 389 g/mol. The summed E-state index contributed by atoms with van der Waals surface area (Å²) in [7, 11) is 0. The summed E-state index contributed by atoms with van der Waals surface area (Å²) in [6, 6.07) is 20.1. The molecule has 0 saturated heterocycles. The Hall–Kier alpha value is -3.67. The molecule has 3 aromatic carbocycles. The lowest BCUT2D eigenvalue weighted by Gasteiger charge is -2.09. The Kier molecular flexibility index (Phi) is 6.58. The number of benzene rings is 3. The maximum absolute atomic E-state index is 12.5. The number of hydrogen-bond acceptors (Lipinski definition) is 3. The molecule has 0 fully saturated rings. The molecule has 3 rings (SSSR count). The first-order valence-electron chi connectivity index (χ1n) is 9.52. The smallest absolute Gasteiger partial charge is 0.255 e. The van der Waals surface area contributed by atoms with Crippen molar-refractivity contribution < 1.29 is 14.4 Å². The zero-order valence-electron chi connectivity index (χ0n) is 16.2. The minimum Gasteiger partial charge on any atom is -0.354 e. The van der Waals surface area contributed by atoms with E-state index >= 15 is 0 Å². The third kappa shape index (κ3) is 5.42. The van der Waals surface area contributed by atoms with Crippen LogP contribution in [0, 0.1) is 0 Å². The number of nitrogens with one attached hydrogen (secondary N) is 3. The van der Waals surface area contributed by atoms with E-state index in [-0.39, 0.29) is 17.7 Å². The maximum atomic E-state index is 12.5. The lowest BCUT2D eigenvalue weighted by molar-refractivity contribution is -0.120. The minimum atomic E-state index is -0.233. The summed E-state index contributed by atoms with van der Waals surface area (Å²) >= 11 is 0. The molecule has 0 aromatic heterocycles. The van der Waals surface area contributed by atoms with Crippen LogP contribution in [0.5, 0.6) is 0 Å². The molecular weight excluding hydrogens is 366 g/mol. The van der Waals surface area contributed by atoms with Crippen LogP contribution in [-0.4, -0.2) is 30.8 Å². The molecule has 0 radical (unpaired) electrons. The van der Waals surface area contributed by atoms with Crippen LogP contribution in [0.2, 0.25) is 0 Å². The van der Waals surface area contributed by atoms with Crippen LogP contribution < -0.4 is 16.0 Å². The summed E-state index contributed by atoms with van der Waals surface area (Å²) in [6.07, 6.45) is 0.417. The molecule has 0 heterocycles. The van der Waals surface area contributed by atoms with Crippen molar-refractivity contribution in [2.24, 2.45) is 0 Å². The molecule has 0 aliphatic rings. The van der Waals surface area contributed by atoms with Crippen LogP contribution in [0.3, 0.4) is 0 Å². The summed E-state index contributed by atoms with van der Waals surface area (Å²) in [5.74, 6) is -0.492. The van der Waals surface area contributed by atoms with Crippen molar-refractivity contribution in [3.8, 4) is 0 Å². The third-order valence-electron chi connectivity index (χ3n) is 4.47. The van der Waals surface area contributed by atoms with E-state index in [2.05, 4.69) is 16.0 Å². The lowest BCUT2D eigenvalue weighted by atomic mass is 10.1. The van der Waals surface area contributed by atoms with Gasteiger partial charge in [0.2, 0.25) is 5.91 Å². The van der Waals surface area contributed by atoms with Gasteiger partial charge in [0.15, 0.2) is 0 Å². The number of carbonyl (C=O) groups is 3. The topological polar surface area (TPSA) is 87.3 Å². The molecule has 148 valence electrons. The van der Waals surface area contributed by atoms with Crippen molar-refractivity contribution in [1.82, 2.24) is 10.6 Å². The summed E-state index contributed by atoms with van der Waals surface area (Å²) in [5.41, 5.74) is 1.66. The Bertz CT molecular complexity index is 1030. The summed E-state index contributed by atoms with van der Waals surface area (Å²) in [4.78, 5) is 35.8. The van der Waals surface area contributed by atoms with Crippen molar-refractivity contribution in [1.29, 1.82) is 0 Å². The van der Waals surface area contributed by atoms with Crippen molar-refractivity contribution in [2.45, 2.75) is 13.3 Å². The largest absolute Gasteiger partial charge is 0.354 e. The second kappa shape index (κ2) is 9.50. The van der Waals surface area contributed by atoms with E-state index in [0.717, 1.165) is 10.8 Å². The molecule has 3 amide bonds. The molecule has 6 nitrogen and oxygen atoms in total. The Balaban J connectivity index is 1.56. The fourth-order valence-corrected chi connectivity index (χ4v) is 2.84. The Morgan fingerprint density at radius 3 is 2.10 bits per heavy atom. The van der Waals surface area contributed by atoms with E-state index in [1.54, 1.807) is 37.3 Å². The molecule has 0 aliphatic heterocycles. The van der Waals surface area contributed by atoms with Crippen LogP contribution in [0.4, 0.5) is 5.69 Å². The minimum absolute atomic E-state index is 0.0502. The van der Waals surface area contributed by atoms with Crippen molar-refractivity contribution >= 4 is 34.2 Å².